The van der Waals surface area contributed by atoms with E-state index in [1.807, 2.05) is 0 Å². The summed E-state index contributed by atoms with van der Waals surface area (Å²) in [5, 5.41) is 9.47. The number of aliphatic hydroxyl groups is 1. The summed E-state index contributed by atoms with van der Waals surface area (Å²) in [5.41, 5.74) is 2.69. The zero-order valence-electron chi connectivity index (χ0n) is 10.2. The molecule has 0 spiro atoms. The Balaban J connectivity index is 2.15. The van der Waals surface area contributed by atoms with E-state index in [9.17, 15) is 5.11 Å². The minimum absolute atomic E-state index is 0.295. The molecular formula is C14H21NO. The summed E-state index contributed by atoms with van der Waals surface area (Å²) in [6, 6.07) is 8.77. The maximum Gasteiger partial charge on any atom is 0.0477 e. The number of aryl methyl sites for hydroxylation is 1. The fourth-order valence-corrected chi connectivity index (χ4v) is 2.65. The molecule has 1 aromatic carbocycles. The lowest BCUT2D eigenvalue weighted by molar-refractivity contribution is 0.118. The highest BCUT2D eigenvalue weighted by Crippen LogP contribution is 2.32. The Bertz CT molecular complexity index is 333. The Morgan fingerprint density at radius 1 is 1.31 bits per heavy atom. The molecule has 1 aliphatic rings. The topological polar surface area (TPSA) is 23.5 Å². The molecule has 0 unspecified atom stereocenters. The third-order valence-electron chi connectivity index (χ3n) is 3.68. The third-order valence-corrected chi connectivity index (χ3v) is 3.68. The number of benzene rings is 1. The van der Waals surface area contributed by atoms with Gasteiger partial charge in [0.2, 0.25) is 0 Å². The second kappa shape index (κ2) is 4.98. The van der Waals surface area contributed by atoms with Crippen LogP contribution in [0.25, 0.3) is 0 Å². The van der Waals surface area contributed by atoms with Crippen LogP contribution in [0.15, 0.2) is 24.3 Å². The number of hydrogen-bond acceptors (Lipinski definition) is 2. The third kappa shape index (κ3) is 2.45. The fourth-order valence-electron chi connectivity index (χ4n) is 2.65. The maximum atomic E-state index is 9.47. The van der Waals surface area contributed by atoms with Crippen molar-refractivity contribution < 1.29 is 5.11 Å². The van der Waals surface area contributed by atoms with E-state index >= 15 is 0 Å². The average molecular weight is 219 g/mol. The Morgan fingerprint density at radius 3 is 2.62 bits per heavy atom. The van der Waals surface area contributed by atoms with Crippen LogP contribution in [0.1, 0.15) is 23.5 Å². The van der Waals surface area contributed by atoms with Crippen LogP contribution in [0.4, 0.5) is 0 Å². The number of aliphatic hydroxyl groups excluding tert-OH is 1. The molecule has 2 atom stereocenters. The lowest BCUT2D eigenvalue weighted by Gasteiger charge is -2.36. The molecule has 2 rings (SSSR count). The van der Waals surface area contributed by atoms with Crippen LogP contribution >= 0.6 is 0 Å². The summed E-state index contributed by atoms with van der Waals surface area (Å²) in [6.07, 6.45) is 1.16. The summed E-state index contributed by atoms with van der Waals surface area (Å²) in [4.78, 5) is 2.31. The van der Waals surface area contributed by atoms with Crippen molar-refractivity contribution in [3.8, 4) is 0 Å². The van der Waals surface area contributed by atoms with Gasteiger partial charge in [0.1, 0.15) is 0 Å². The smallest absolute Gasteiger partial charge is 0.0477 e. The predicted molar refractivity (Wildman–Crippen MR) is 66.6 cm³/mol. The highest BCUT2D eigenvalue weighted by Gasteiger charge is 2.28. The molecule has 1 aromatic rings. The van der Waals surface area contributed by atoms with Gasteiger partial charge in [-0.05, 0) is 38.4 Å². The first kappa shape index (κ1) is 11.6. The lowest BCUT2D eigenvalue weighted by atomic mass is 9.81. The number of likely N-dealkylation sites (tertiary alicyclic amines) is 1. The highest BCUT2D eigenvalue weighted by molar-refractivity contribution is 5.25. The fraction of sp³-hybridized carbons (Fsp3) is 0.571. The first-order valence-electron chi connectivity index (χ1n) is 6.06. The van der Waals surface area contributed by atoms with Crippen molar-refractivity contribution in [2.45, 2.75) is 19.3 Å². The molecule has 2 heteroatoms. The van der Waals surface area contributed by atoms with Crippen molar-refractivity contribution >= 4 is 0 Å². The molecule has 0 saturated carbocycles. The molecular weight excluding hydrogens is 198 g/mol. The van der Waals surface area contributed by atoms with E-state index in [-0.39, 0.29) is 0 Å². The van der Waals surface area contributed by atoms with E-state index in [1.54, 1.807) is 0 Å². The molecule has 1 N–H and O–H groups in total. The second-order valence-electron chi connectivity index (χ2n) is 5.01. The summed E-state index contributed by atoms with van der Waals surface area (Å²) in [6.45, 7) is 4.55. The van der Waals surface area contributed by atoms with Crippen LogP contribution < -0.4 is 0 Å². The van der Waals surface area contributed by atoms with Gasteiger partial charge in [0, 0.05) is 19.1 Å². The average Bonchev–Trinajstić information content (AvgIpc) is 2.30. The van der Waals surface area contributed by atoms with E-state index in [4.69, 9.17) is 0 Å². The molecule has 0 radical (unpaired) electrons. The first-order valence-corrected chi connectivity index (χ1v) is 6.06. The number of nitrogens with zero attached hydrogens (tertiary/aromatic N) is 1. The molecule has 0 bridgehead atoms. The summed E-state index contributed by atoms with van der Waals surface area (Å²) < 4.78 is 0. The zero-order chi connectivity index (χ0) is 11.5. The van der Waals surface area contributed by atoms with Crippen LogP contribution in [-0.2, 0) is 0 Å². The highest BCUT2D eigenvalue weighted by atomic mass is 16.3. The van der Waals surface area contributed by atoms with Crippen molar-refractivity contribution in [3.05, 3.63) is 35.4 Å². The Labute approximate surface area is 97.9 Å². The van der Waals surface area contributed by atoms with Crippen molar-refractivity contribution in [2.75, 3.05) is 26.7 Å². The Kier molecular flexibility index (Phi) is 3.62. The minimum Gasteiger partial charge on any atom is -0.396 e. The first-order chi connectivity index (χ1) is 7.70. The minimum atomic E-state index is 0.295. The predicted octanol–water partition coefficient (Wildman–Crippen LogP) is 2.02. The van der Waals surface area contributed by atoms with E-state index in [2.05, 4.69) is 43.1 Å². The Morgan fingerprint density at radius 2 is 2.00 bits per heavy atom. The molecule has 0 aliphatic carbocycles. The van der Waals surface area contributed by atoms with Crippen molar-refractivity contribution in [1.29, 1.82) is 0 Å². The van der Waals surface area contributed by atoms with Crippen LogP contribution in [0.2, 0.25) is 0 Å². The number of rotatable bonds is 2. The Hall–Kier alpha value is -0.860. The monoisotopic (exact) mass is 219 g/mol. The maximum absolute atomic E-state index is 9.47. The SMILES string of the molecule is Cc1ccc([C@H]2CCN(C)C[C@H]2CO)cc1. The molecule has 16 heavy (non-hydrogen) atoms. The van der Waals surface area contributed by atoms with Gasteiger partial charge in [-0.25, -0.2) is 0 Å². The van der Waals surface area contributed by atoms with E-state index in [1.165, 1.54) is 11.1 Å². The summed E-state index contributed by atoms with van der Waals surface area (Å²) in [7, 11) is 2.13. The summed E-state index contributed by atoms with van der Waals surface area (Å²) in [5.74, 6) is 0.920. The van der Waals surface area contributed by atoms with E-state index < -0.39 is 0 Å². The molecule has 1 fully saturated rings. The number of piperidine rings is 1. The summed E-state index contributed by atoms with van der Waals surface area (Å²) >= 11 is 0. The van der Waals surface area contributed by atoms with Crippen molar-refractivity contribution in [2.24, 2.45) is 5.92 Å². The van der Waals surface area contributed by atoms with Gasteiger partial charge < -0.3 is 10.0 Å². The van der Waals surface area contributed by atoms with Gasteiger partial charge in [0.05, 0.1) is 0 Å². The van der Waals surface area contributed by atoms with Crippen molar-refractivity contribution in [3.63, 3.8) is 0 Å². The van der Waals surface area contributed by atoms with Crippen LogP contribution in [-0.4, -0.2) is 36.8 Å². The van der Waals surface area contributed by atoms with Gasteiger partial charge in [-0.15, -0.1) is 0 Å². The number of hydrogen-bond donors (Lipinski definition) is 1. The van der Waals surface area contributed by atoms with Crippen LogP contribution in [0.3, 0.4) is 0 Å². The zero-order valence-corrected chi connectivity index (χ0v) is 10.2. The largest absolute Gasteiger partial charge is 0.396 e. The molecule has 1 saturated heterocycles. The molecule has 2 nitrogen and oxygen atoms in total. The van der Waals surface area contributed by atoms with E-state index in [0.29, 0.717) is 18.4 Å². The van der Waals surface area contributed by atoms with Gasteiger partial charge in [-0.2, -0.15) is 0 Å². The van der Waals surface area contributed by atoms with E-state index in [0.717, 1.165) is 19.5 Å². The molecule has 1 heterocycles. The van der Waals surface area contributed by atoms with Crippen LogP contribution in [0, 0.1) is 12.8 Å². The van der Waals surface area contributed by atoms with Gasteiger partial charge in [-0.3, -0.25) is 0 Å². The quantitative estimate of drug-likeness (QED) is 0.822. The molecule has 1 aliphatic heterocycles. The van der Waals surface area contributed by atoms with Crippen LogP contribution in [0.5, 0.6) is 0 Å². The normalized spacial score (nSPS) is 26.9. The van der Waals surface area contributed by atoms with Crippen molar-refractivity contribution in [1.82, 2.24) is 4.90 Å². The van der Waals surface area contributed by atoms with Gasteiger partial charge in [0.25, 0.3) is 0 Å². The molecule has 88 valence electrons. The second-order valence-corrected chi connectivity index (χ2v) is 5.01. The molecule has 0 amide bonds. The standard InChI is InChI=1S/C14H21NO/c1-11-3-5-12(6-4-11)14-7-8-15(2)9-13(14)10-16/h3-6,13-14,16H,7-10H2,1-2H3/t13-,14+/m0/s1. The lowest BCUT2D eigenvalue weighted by Crippen LogP contribution is -2.38. The van der Waals surface area contributed by atoms with Gasteiger partial charge in [-0.1, -0.05) is 29.8 Å². The molecule has 0 aromatic heterocycles. The van der Waals surface area contributed by atoms with Gasteiger partial charge >= 0.3 is 0 Å². The van der Waals surface area contributed by atoms with Gasteiger partial charge in [0.15, 0.2) is 0 Å².